The number of hydrogen-bond donors (Lipinski definition) is 1. The molecule has 1 N–H and O–H groups in total. The van der Waals surface area contributed by atoms with E-state index in [1.807, 2.05) is 30.3 Å². The Morgan fingerprint density at radius 2 is 2.00 bits per heavy atom. The van der Waals surface area contributed by atoms with Gasteiger partial charge in [-0.15, -0.1) is 11.8 Å². The molecule has 0 fully saturated rings. The Bertz CT molecular complexity index is 607. The summed E-state index contributed by atoms with van der Waals surface area (Å²) < 4.78 is 0. The van der Waals surface area contributed by atoms with Gasteiger partial charge in [-0.1, -0.05) is 18.2 Å². The molecule has 19 heavy (non-hydrogen) atoms. The van der Waals surface area contributed by atoms with E-state index >= 15 is 0 Å². The first-order chi connectivity index (χ1) is 9.18. The Hall–Kier alpha value is -1.88. The van der Waals surface area contributed by atoms with Crippen molar-refractivity contribution in [3.8, 4) is 0 Å². The highest BCUT2D eigenvalue weighted by atomic mass is 32.2. The molecule has 0 aliphatic heterocycles. The van der Waals surface area contributed by atoms with Crippen LogP contribution in [0.25, 0.3) is 10.9 Å². The van der Waals surface area contributed by atoms with Crippen LogP contribution in [0.4, 0.5) is 0 Å². The van der Waals surface area contributed by atoms with Gasteiger partial charge in [-0.25, -0.2) is 4.79 Å². The molecule has 1 aromatic carbocycles. The quantitative estimate of drug-likeness (QED) is 0.499. The first-order valence-electron chi connectivity index (χ1n) is 5.91. The van der Waals surface area contributed by atoms with Crippen molar-refractivity contribution in [3.63, 3.8) is 0 Å². The van der Waals surface area contributed by atoms with Crippen molar-refractivity contribution in [1.29, 1.82) is 0 Å². The standard InChI is InChI=1S/C14H13NO3S/c16-11(14(17)18)6-3-9-19-12-7-1-4-10-5-2-8-15-13(10)12/h1-2,4-5,7-8H,3,6,9H2,(H,17,18). The maximum absolute atomic E-state index is 10.9. The molecule has 5 heteroatoms. The second-order valence-corrected chi connectivity index (χ2v) is 5.15. The average molecular weight is 275 g/mol. The van der Waals surface area contributed by atoms with Crippen LogP contribution in [0.1, 0.15) is 12.8 Å². The van der Waals surface area contributed by atoms with Crippen molar-refractivity contribution in [2.75, 3.05) is 5.75 Å². The van der Waals surface area contributed by atoms with Crippen molar-refractivity contribution in [2.45, 2.75) is 17.7 Å². The number of aromatic nitrogens is 1. The topological polar surface area (TPSA) is 67.3 Å². The summed E-state index contributed by atoms with van der Waals surface area (Å²) in [5, 5.41) is 9.55. The third-order valence-electron chi connectivity index (χ3n) is 2.64. The van der Waals surface area contributed by atoms with Crippen molar-refractivity contribution < 1.29 is 14.7 Å². The fourth-order valence-electron chi connectivity index (χ4n) is 1.71. The number of thioether (sulfide) groups is 1. The van der Waals surface area contributed by atoms with Gasteiger partial charge < -0.3 is 5.11 Å². The summed E-state index contributed by atoms with van der Waals surface area (Å²) in [4.78, 5) is 26.7. The minimum absolute atomic E-state index is 0.0839. The molecule has 1 heterocycles. The highest BCUT2D eigenvalue weighted by Gasteiger charge is 2.10. The van der Waals surface area contributed by atoms with Gasteiger partial charge in [0, 0.05) is 22.9 Å². The van der Waals surface area contributed by atoms with Gasteiger partial charge in [0.25, 0.3) is 0 Å². The number of Topliss-reactive ketones (excluding diaryl/α,β-unsaturated/α-hetero) is 1. The Morgan fingerprint density at radius 1 is 1.21 bits per heavy atom. The summed E-state index contributed by atoms with van der Waals surface area (Å²) >= 11 is 1.60. The van der Waals surface area contributed by atoms with Gasteiger partial charge in [0.1, 0.15) is 0 Å². The van der Waals surface area contributed by atoms with Crippen LogP contribution in [-0.2, 0) is 9.59 Å². The molecule has 2 rings (SSSR count). The molecule has 0 saturated heterocycles. The van der Waals surface area contributed by atoms with E-state index in [1.54, 1.807) is 18.0 Å². The van der Waals surface area contributed by atoms with Crippen LogP contribution in [0, 0.1) is 0 Å². The SMILES string of the molecule is O=C(O)C(=O)CCCSc1cccc2cccnc12. The summed E-state index contributed by atoms with van der Waals surface area (Å²) in [5.41, 5.74) is 0.944. The molecule has 0 bridgehead atoms. The Kier molecular flexibility index (Phi) is 4.52. The molecule has 98 valence electrons. The number of pyridine rings is 1. The molecule has 0 atom stereocenters. The lowest BCUT2D eigenvalue weighted by Crippen LogP contribution is -2.11. The Labute approximate surface area is 114 Å². The van der Waals surface area contributed by atoms with Gasteiger partial charge in [0.15, 0.2) is 0 Å². The lowest BCUT2D eigenvalue weighted by Gasteiger charge is -2.04. The maximum atomic E-state index is 10.9. The van der Waals surface area contributed by atoms with E-state index in [2.05, 4.69) is 4.98 Å². The largest absolute Gasteiger partial charge is 0.476 e. The zero-order valence-corrected chi connectivity index (χ0v) is 11.0. The van der Waals surface area contributed by atoms with Crippen LogP contribution in [0.2, 0.25) is 0 Å². The summed E-state index contributed by atoms with van der Waals surface area (Å²) in [7, 11) is 0. The van der Waals surface area contributed by atoms with E-state index in [1.165, 1.54) is 0 Å². The molecule has 0 aliphatic rings. The van der Waals surface area contributed by atoms with Gasteiger partial charge in [0.05, 0.1) is 5.52 Å². The third kappa shape index (κ3) is 3.54. The molecule has 4 nitrogen and oxygen atoms in total. The number of para-hydroxylation sites is 1. The van der Waals surface area contributed by atoms with Crippen molar-refractivity contribution >= 4 is 34.4 Å². The molecule has 0 spiro atoms. The zero-order chi connectivity index (χ0) is 13.7. The number of aliphatic carboxylic acids is 1. The van der Waals surface area contributed by atoms with E-state index in [9.17, 15) is 9.59 Å². The minimum atomic E-state index is -1.35. The van der Waals surface area contributed by atoms with E-state index in [0.29, 0.717) is 12.2 Å². The van der Waals surface area contributed by atoms with Gasteiger partial charge in [-0.2, -0.15) is 0 Å². The lowest BCUT2D eigenvalue weighted by molar-refractivity contribution is -0.149. The smallest absolute Gasteiger partial charge is 0.372 e. The molecule has 0 aliphatic carbocycles. The monoisotopic (exact) mass is 275 g/mol. The summed E-state index contributed by atoms with van der Waals surface area (Å²) in [6.45, 7) is 0. The van der Waals surface area contributed by atoms with Crippen LogP contribution in [-0.4, -0.2) is 27.6 Å². The van der Waals surface area contributed by atoms with E-state index in [-0.39, 0.29) is 6.42 Å². The van der Waals surface area contributed by atoms with Gasteiger partial charge in [0.2, 0.25) is 5.78 Å². The van der Waals surface area contributed by atoms with Crippen LogP contribution in [0.15, 0.2) is 41.4 Å². The number of carbonyl (C=O) groups is 2. The molecule has 1 aromatic heterocycles. The minimum Gasteiger partial charge on any atom is -0.476 e. The Morgan fingerprint density at radius 3 is 2.79 bits per heavy atom. The van der Waals surface area contributed by atoms with Gasteiger partial charge in [-0.05, 0) is 24.3 Å². The summed E-state index contributed by atoms with van der Waals surface area (Å²) in [6.07, 6.45) is 2.39. The van der Waals surface area contributed by atoms with Crippen molar-refractivity contribution in [2.24, 2.45) is 0 Å². The number of rotatable bonds is 6. The predicted molar refractivity (Wildman–Crippen MR) is 74.3 cm³/mol. The Balaban J connectivity index is 1.95. The zero-order valence-electron chi connectivity index (χ0n) is 10.2. The van der Waals surface area contributed by atoms with E-state index in [0.717, 1.165) is 15.8 Å². The first-order valence-corrected chi connectivity index (χ1v) is 6.89. The maximum Gasteiger partial charge on any atom is 0.372 e. The lowest BCUT2D eigenvalue weighted by atomic mass is 10.2. The van der Waals surface area contributed by atoms with Gasteiger partial charge in [-0.3, -0.25) is 9.78 Å². The average Bonchev–Trinajstić information content (AvgIpc) is 2.43. The van der Waals surface area contributed by atoms with Crippen molar-refractivity contribution in [1.82, 2.24) is 4.98 Å². The van der Waals surface area contributed by atoms with Crippen LogP contribution >= 0.6 is 11.8 Å². The van der Waals surface area contributed by atoms with E-state index in [4.69, 9.17) is 5.11 Å². The number of fused-ring (bicyclic) bond motifs is 1. The highest BCUT2D eigenvalue weighted by molar-refractivity contribution is 7.99. The molecule has 0 radical (unpaired) electrons. The van der Waals surface area contributed by atoms with Crippen LogP contribution < -0.4 is 0 Å². The number of carbonyl (C=O) groups excluding carboxylic acids is 1. The van der Waals surface area contributed by atoms with Crippen LogP contribution in [0.3, 0.4) is 0 Å². The first kappa shape index (κ1) is 13.5. The second kappa shape index (κ2) is 6.33. The number of carboxylic acid groups (broad SMARTS) is 1. The molecule has 0 saturated carbocycles. The molecule has 0 amide bonds. The molecular formula is C14H13NO3S. The number of carboxylic acids is 1. The van der Waals surface area contributed by atoms with Crippen LogP contribution in [0.5, 0.6) is 0 Å². The van der Waals surface area contributed by atoms with Gasteiger partial charge >= 0.3 is 5.97 Å². The molecule has 0 unspecified atom stereocenters. The normalized spacial score (nSPS) is 10.5. The predicted octanol–water partition coefficient (Wildman–Crippen LogP) is 2.76. The number of ketones is 1. The fourth-order valence-corrected chi connectivity index (χ4v) is 2.71. The third-order valence-corrected chi connectivity index (χ3v) is 3.77. The van der Waals surface area contributed by atoms with Crippen molar-refractivity contribution in [3.05, 3.63) is 36.5 Å². The molecule has 2 aromatic rings. The summed E-state index contributed by atoms with van der Waals surface area (Å²) in [5.74, 6) is -1.37. The summed E-state index contributed by atoms with van der Waals surface area (Å²) in [6, 6.07) is 9.84. The number of nitrogens with zero attached hydrogens (tertiary/aromatic N) is 1. The molecular weight excluding hydrogens is 262 g/mol. The number of hydrogen-bond acceptors (Lipinski definition) is 4. The second-order valence-electron chi connectivity index (χ2n) is 4.01. The van der Waals surface area contributed by atoms with E-state index < -0.39 is 11.8 Å². The fraction of sp³-hybridized carbons (Fsp3) is 0.214. The highest BCUT2D eigenvalue weighted by Crippen LogP contribution is 2.26. The number of benzene rings is 1.